The summed E-state index contributed by atoms with van der Waals surface area (Å²) in [5, 5.41) is 14.4. The molecule has 0 aliphatic carbocycles. The van der Waals surface area contributed by atoms with Crippen molar-refractivity contribution in [1.29, 1.82) is 0 Å². The number of carbonyl (C=O) groups excluding carboxylic acids is 1. The minimum Gasteiger partial charge on any atom is -0.383 e. The second-order valence-electron chi connectivity index (χ2n) is 7.57. The van der Waals surface area contributed by atoms with Gasteiger partial charge >= 0.3 is 0 Å². The third-order valence-electron chi connectivity index (χ3n) is 5.29. The molecule has 0 saturated heterocycles. The lowest BCUT2D eigenvalue weighted by atomic mass is 9.98. The largest absolute Gasteiger partial charge is 0.383 e. The molecule has 0 spiro atoms. The maximum absolute atomic E-state index is 12.5. The normalized spacial score (nSPS) is 14.8. The molecule has 3 aromatic rings. The smallest absolute Gasteiger partial charge is 0.251 e. The summed E-state index contributed by atoms with van der Waals surface area (Å²) in [6, 6.07) is 18.4. The van der Waals surface area contributed by atoms with Crippen LogP contribution in [-0.4, -0.2) is 33.7 Å². The average Bonchev–Trinajstić information content (AvgIpc) is 3.16. The summed E-state index contributed by atoms with van der Waals surface area (Å²) in [7, 11) is 0. The molecule has 0 radical (unpaired) electrons. The summed E-state index contributed by atoms with van der Waals surface area (Å²) in [6.45, 7) is 4.64. The molecule has 4 rings (SSSR count). The Hall–Kier alpha value is -2.92. The molecule has 1 unspecified atom stereocenters. The van der Waals surface area contributed by atoms with E-state index in [0.717, 1.165) is 33.7 Å². The fraction of sp³-hybridized carbons (Fsp3) is 0.304. The highest BCUT2D eigenvalue weighted by atomic mass is 16.5. The Kier molecular flexibility index (Phi) is 5.01. The van der Waals surface area contributed by atoms with Gasteiger partial charge < -0.3 is 14.5 Å². The number of amides is 1. The van der Waals surface area contributed by atoms with Gasteiger partial charge in [0.15, 0.2) is 0 Å². The van der Waals surface area contributed by atoms with Crippen LogP contribution in [0.1, 0.15) is 25.2 Å². The third kappa shape index (κ3) is 3.45. The van der Waals surface area contributed by atoms with Crippen LogP contribution in [0.4, 0.5) is 0 Å². The molecule has 1 amide bonds. The Morgan fingerprint density at radius 3 is 2.36 bits per heavy atom. The van der Waals surface area contributed by atoms with Gasteiger partial charge in [-0.3, -0.25) is 4.79 Å². The van der Waals surface area contributed by atoms with E-state index in [0.29, 0.717) is 19.5 Å². The van der Waals surface area contributed by atoms with E-state index in [2.05, 4.69) is 29.4 Å². The van der Waals surface area contributed by atoms with Crippen LogP contribution in [-0.2, 0) is 17.8 Å². The molecular formula is C23H24N2O3. The van der Waals surface area contributed by atoms with Crippen LogP contribution in [0.2, 0.25) is 0 Å². The molecule has 1 atom stereocenters. The molecule has 2 heterocycles. The van der Waals surface area contributed by atoms with Crippen molar-refractivity contribution >= 4 is 5.91 Å². The van der Waals surface area contributed by atoms with Gasteiger partial charge in [0.2, 0.25) is 0 Å². The topological polar surface area (TPSA) is 66.6 Å². The minimum absolute atomic E-state index is 0.110. The Balaban J connectivity index is 1.59. The summed E-state index contributed by atoms with van der Waals surface area (Å²) in [6.07, 6.45) is -0.365. The number of hydrogen-bond donors (Lipinski definition) is 1. The Bertz CT molecular complexity index is 961. The number of aliphatic hydroxyl groups excluding tert-OH is 1. The lowest BCUT2D eigenvalue weighted by Gasteiger charge is -2.29. The molecule has 2 aromatic carbocycles. The maximum Gasteiger partial charge on any atom is 0.251 e. The molecular weight excluding hydrogens is 352 g/mol. The van der Waals surface area contributed by atoms with Gasteiger partial charge in [-0.1, -0.05) is 73.6 Å². The lowest BCUT2D eigenvalue weighted by molar-refractivity contribution is -0.143. The van der Waals surface area contributed by atoms with Gasteiger partial charge in [0.1, 0.15) is 17.6 Å². The fourth-order valence-corrected chi connectivity index (χ4v) is 3.55. The summed E-state index contributed by atoms with van der Waals surface area (Å²) in [5.41, 5.74) is 4.96. The summed E-state index contributed by atoms with van der Waals surface area (Å²) >= 11 is 0. The standard InChI is InChI=1S/C23H24N2O3/c1-15(2)22(26)23(27)25-13-12-20-19(14-25)21(24-28-20)18-10-8-17(9-11-18)16-6-4-3-5-7-16/h3-11,15,22,26H,12-14H2,1-2H3. The van der Waals surface area contributed by atoms with E-state index in [1.807, 2.05) is 44.2 Å². The molecule has 1 aliphatic heterocycles. The number of rotatable bonds is 4. The SMILES string of the molecule is CC(C)C(O)C(=O)N1CCc2onc(-c3ccc(-c4ccccc4)cc3)c2C1. The Morgan fingerprint density at radius 2 is 1.68 bits per heavy atom. The summed E-state index contributed by atoms with van der Waals surface area (Å²) in [5.74, 6) is 0.485. The maximum atomic E-state index is 12.5. The van der Waals surface area contributed by atoms with Gasteiger partial charge in [-0.25, -0.2) is 0 Å². The quantitative estimate of drug-likeness (QED) is 0.750. The highest BCUT2D eigenvalue weighted by molar-refractivity contribution is 5.81. The number of hydrogen-bond acceptors (Lipinski definition) is 4. The van der Waals surface area contributed by atoms with Crippen molar-refractivity contribution in [3.8, 4) is 22.4 Å². The van der Waals surface area contributed by atoms with Crippen LogP contribution in [0.3, 0.4) is 0 Å². The zero-order valence-corrected chi connectivity index (χ0v) is 16.1. The molecule has 5 heteroatoms. The van der Waals surface area contributed by atoms with Crippen molar-refractivity contribution in [2.75, 3.05) is 6.54 Å². The molecule has 1 N–H and O–H groups in total. The van der Waals surface area contributed by atoms with Crippen molar-refractivity contribution < 1.29 is 14.4 Å². The van der Waals surface area contributed by atoms with E-state index < -0.39 is 6.10 Å². The van der Waals surface area contributed by atoms with E-state index in [9.17, 15) is 9.90 Å². The molecule has 5 nitrogen and oxygen atoms in total. The number of aromatic nitrogens is 1. The monoisotopic (exact) mass is 376 g/mol. The lowest BCUT2D eigenvalue weighted by Crippen LogP contribution is -2.43. The molecule has 0 saturated carbocycles. The first-order valence-electron chi connectivity index (χ1n) is 9.64. The van der Waals surface area contributed by atoms with E-state index in [1.165, 1.54) is 0 Å². The van der Waals surface area contributed by atoms with Crippen molar-refractivity contribution in [3.63, 3.8) is 0 Å². The van der Waals surface area contributed by atoms with Crippen molar-refractivity contribution in [1.82, 2.24) is 10.1 Å². The molecule has 1 aliphatic rings. The molecule has 0 bridgehead atoms. The third-order valence-corrected chi connectivity index (χ3v) is 5.29. The number of fused-ring (bicyclic) bond motifs is 1. The minimum atomic E-state index is -0.977. The number of carbonyl (C=O) groups is 1. The van der Waals surface area contributed by atoms with Crippen molar-refractivity contribution in [2.24, 2.45) is 5.92 Å². The van der Waals surface area contributed by atoms with Gasteiger partial charge in [0.25, 0.3) is 5.91 Å². The van der Waals surface area contributed by atoms with Crippen LogP contribution in [0.15, 0.2) is 59.1 Å². The highest BCUT2D eigenvalue weighted by Crippen LogP contribution is 2.31. The van der Waals surface area contributed by atoms with Gasteiger partial charge in [-0.2, -0.15) is 0 Å². The van der Waals surface area contributed by atoms with Crippen LogP contribution in [0.25, 0.3) is 22.4 Å². The highest BCUT2D eigenvalue weighted by Gasteiger charge is 2.31. The summed E-state index contributed by atoms with van der Waals surface area (Å²) < 4.78 is 5.54. The van der Waals surface area contributed by atoms with E-state index in [-0.39, 0.29) is 11.8 Å². The van der Waals surface area contributed by atoms with Gasteiger partial charge in [-0.05, 0) is 17.0 Å². The predicted molar refractivity (Wildman–Crippen MR) is 107 cm³/mol. The first-order chi connectivity index (χ1) is 13.5. The summed E-state index contributed by atoms with van der Waals surface area (Å²) in [4.78, 5) is 14.2. The number of benzene rings is 2. The van der Waals surface area contributed by atoms with Gasteiger partial charge in [0, 0.05) is 24.1 Å². The van der Waals surface area contributed by atoms with Crippen LogP contribution in [0, 0.1) is 5.92 Å². The van der Waals surface area contributed by atoms with Crippen molar-refractivity contribution in [3.05, 3.63) is 65.9 Å². The molecule has 1 aromatic heterocycles. The van der Waals surface area contributed by atoms with E-state index in [4.69, 9.17) is 4.52 Å². The number of aliphatic hydroxyl groups is 1. The molecule has 144 valence electrons. The Labute approximate surface area is 164 Å². The van der Waals surface area contributed by atoms with E-state index >= 15 is 0 Å². The van der Waals surface area contributed by atoms with Crippen molar-refractivity contribution in [2.45, 2.75) is 32.9 Å². The zero-order valence-electron chi connectivity index (χ0n) is 16.1. The van der Waals surface area contributed by atoms with Gasteiger partial charge in [0.05, 0.1) is 6.54 Å². The van der Waals surface area contributed by atoms with Crippen LogP contribution < -0.4 is 0 Å². The zero-order chi connectivity index (χ0) is 19.7. The fourth-order valence-electron chi connectivity index (χ4n) is 3.55. The molecule has 0 fully saturated rings. The second-order valence-corrected chi connectivity index (χ2v) is 7.57. The van der Waals surface area contributed by atoms with Gasteiger partial charge in [-0.15, -0.1) is 0 Å². The number of nitrogens with zero attached hydrogens (tertiary/aromatic N) is 2. The first kappa shape index (κ1) is 18.4. The Morgan fingerprint density at radius 1 is 1.04 bits per heavy atom. The average molecular weight is 376 g/mol. The predicted octanol–water partition coefficient (Wildman–Crippen LogP) is 3.91. The van der Waals surface area contributed by atoms with Crippen LogP contribution in [0.5, 0.6) is 0 Å². The van der Waals surface area contributed by atoms with Crippen LogP contribution >= 0.6 is 0 Å². The van der Waals surface area contributed by atoms with E-state index in [1.54, 1.807) is 4.90 Å². The second kappa shape index (κ2) is 7.60. The first-order valence-corrected chi connectivity index (χ1v) is 9.64. The molecule has 28 heavy (non-hydrogen) atoms.